The standard InChI is InChI=1S/C21H24N4/c1-16(17-8-4-2-5-9-17)23-21-15-19(14-20-12-13-22-25(20)21)24-18-10-6-3-7-11-18/h2,4-5,8-9,12-15,18,24H,3,6-7,10-11H2,1H3. The van der Waals surface area contributed by atoms with Crippen molar-refractivity contribution >= 4 is 22.7 Å². The van der Waals surface area contributed by atoms with Gasteiger partial charge in [-0.15, -0.1) is 0 Å². The van der Waals surface area contributed by atoms with Crippen molar-refractivity contribution < 1.29 is 0 Å². The summed E-state index contributed by atoms with van der Waals surface area (Å²) in [7, 11) is 0. The van der Waals surface area contributed by atoms with Crippen molar-refractivity contribution in [1.29, 1.82) is 0 Å². The third-order valence-electron chi connectivity index (χ3n) is 4.93. The normalized spacial score (nSPS) is 16.3. The Hall–Kier alpha value is -2.62. The van der Waals surface area contributed by atoms with Crippen LogP contribution in [0.25, 0.3) is 5.52 Å². The molecular weight excluding hydrogens is 308 g/mol. The smallest absolute Gasteiger partial charge is 0.156 e. The minimum atomic E-state index is 0.575. The predicted octanol–water partition coefficient (Wildman–Crippen LogP) is 5.22. The van der Waals surface area contributed by atoms with Crippen LogP contribution in [0.4, 0.5) is 11.5 Å². The average Bonchev–Trinajstić information content (AvgIpc) is 3.12. The Morgan fingerprint density at radius 1 is 1.08 bits per heavy atom. The largest absolute Gasteiger partial charge is 0.382 e. The molecule has 128 valence electrons. The Morgan fingerprint density at radius 3 is 2.68 bits per heavy atom. The third-order valence-corrected chi connectivity index (χ3v) is 4.93. The van der Waals surface area contributed by atoms with E-state index < -0.39 is 0 Å². The highest BCUT2D eigenvalue weighted by molar-refractivity contribution is 6.00. The van der Waals surface area contributed by atoms with Crippen molar-refractivity contribution in [1.82, 2.24) is 9.61 Å². The van der Waals surface area contributed by atoms with Gasteiger partial charge in [-0.3, -0.25) is 0 Å². The maximum atomic E-state index is 4.86. The molecule has 0 amide bonds. The number of nitrogens with zero attached hydrogens (tertiary/aromatic N) is 3. The molecule has 4 nitrogen and oxygen atoms in total. The number of aliphatic imine (C=N–C) groups is 1. The summed E-state index contributed by atoms with van der Waals surface area (Å²) in [5.41, 5.74) is 4.33. The van der Waals surface area contributed by atoms with Crippen molar-refractivity contribution in [3.63, 3.8) is 0 Å². The van der Waals surface area contributed by atoms with Gasteiger partial charge in [0.2, 0.25) is 0 Å². The van der Waals surface area contributed by atoms with Crippen molar-refractivity contribution in [2.75, 3.05) is 5.32 Å². The van der Waals surface area contributed by atoms with Crippen LogP contribution in [-0.4, -0.2) is 21.4 Å². The molecule has 1 aliphatic rings. The van der Waals surface area contributed by atoms with Crippen LogP contribution in [0.5, 0.6) is 0 Å². The summed E-state index contributed by atoms with van der Waals surface area (Å²) in [4.78, 5) is 4.86. The van der Waals surface area contributed by atoms with Gasteiger partial charge in [0.1, 0.15) is 0 Å². The Bertz CT molecular complexity index is 873. The van der Waals surface area contributed by atoms with E-state index in [1.54, 1.807) is 0 Å². The van der Waals surface area contributed by atoms with Crippen LogP contribution in [0.15, 0.2) is 59.7 Å². The first-order chi connectivity index (χ1) is 12.3. The Labute approximate surface area is 148 Å². The summed E-state index contributed by atoms with van der Waals surface area (Å²) in [6, 6.07) is 17.2. The van der Waals surface area contributed by atoms with Crippen molar-refractivity contribution in [3.05, 3.63) is 60.3 Å². The van der Waals surface area contributed by atoms with Crippen LogP contribution in [0, 0.1) is 0 Å². The number of hydrogen-bond acceptors (Lipinski definition) is 3. The van der Waals surface area contributed by atoms with E-state index in [4.69, 9.17) is 4.99 Å². The minimum Gasteiger partial charge on any atom is -0.382 e. The summed E-state index contributed by atoms with van der Waals surface area (Å²) < 4.78 is 1.90. The van der Waals surface area contributed by atoms with Crippen LogP contribution < -0.4 is 5.32 Å². The molecule has 0 saturated heterocycles. The summed E-state index contributed by atoms with van der Waals surface area (Å²) in [5, 5.41) is 8.14. The molecule has 0 bridgehead atoms. The average molecular weight is 332 g/mol. The first-order valence-corrected chi connectivity index (χ1v) is 9.15. The van der Waals surface area contributed by atoms with Crippen molar-refractivity contribution in [2.24, 2.45) is 4.99 Å². The maximum absolute atomic E-state index is 4.86. The lowest BCUT2D eigenvalue weighted by atomic mass is 9.95. The second-order valence-electron chi connectivity index (χ2n) is 6.81. The van der Waals surface area contributed by atoms with Crippen molar-refractivity contribution in [3.8, 4) is 0 Å². The highest BCUT2D eigenvalue weighted by atomic mass is 15.3. The predicted molar refractivity (Wildman–Crippen MR) is 104 cm³/mol. The molecule has 1 fully saturated rings. The lowest BCUT2D eigenvalue weighted by Gasteiger charge is -2.24. The molecule has 1 N–H and O–H groups in total. The van der Waals surface area contributed by atoms with Crippen LogP contribution in [-0.2, 0) is 0 Å². The van der Waals surface area contributed by atoms with Crippen LogP contribution in [0.1, 0.15) is 44.6 Å². The third kappa shape index (κ3) is 3.58. The SMILES string of the molecule is CC(=Nc1cc(NC2CCCCC2)cc2ccnn12)c1ccccc1. The maximum Gasteiger partial charge on any atom is 0.156 e. The number of aromatic nitrogens is 2. The molecule has 0 atom stereocenters. The fraction of sp³-hybridized carbons (Fsp3) is 0.333. The molecule has 3 aromatic rings. The van der Waals surface area contributed by atoms with E-state index in [0.717, 1.165) is 28.3 Å². The van der Waals surface area contributed by atoms with E-state index in [1.165, 1.54) is 32.1 Å². The summed E-state index contributed by atoms with van der Waals surface area (Å²) in [5.74, 6) is 0.863. The number of benzene rings is 1. The number of anilines is 1. The van der Waals surface area contributed by atoms with E-state index in [9.17, 15) is 0 Å². The zero-order chi connectivity index (χ0) is 17.1. The minimum absolute atomic E-state index is 0.575. The number of rotatable bonds is 4. The number of fused-ring (bicyclic) bond motifs is 1. The molecule has 0 aliphatic heterocycles. The number of nitrogens with one attached hydrogen (secondary N) is 1. The van der Waals surface area contributed by atoms with E-state index in [2.05, 4.69) is 34.7 Å². The lowest BCUT2D eigenvalue weighted by molar-refractivity contribution is 0.463. The molecule has 1 saturated carbocycles. The van der Waals surface area contributed by atoms with Gasteiger partial charge in [-0.05, 0) is 37.5 Å². The highest BCUT2D eigenvalue weighted by Gasteiger charge is 2.14. The lowest BCUT2D eigenvalue weighted by Crippen LogP contribution is -2.22. The number of pyridine rings is 1. The summed E-state index contributed by atoms with van der Waals surface area (Å²) in [6.45, 7) is 2.05. The van der Waals surface area contributed by atoms with Crippen LogP contribution in [0.2, 0.25) is 0 Å². The van der Waals surface area contributed by atoms with E-state index in [1.807, 2.05) is 41.9 Å². The van der Waals surface area contributed by atoms with Gasteiger partial charge < -0.3 is 5.32 Å². The molecule has 1 aromatic carbocycles. The molecule has 25 heavy (non-hydrogen) atoms. The first-order valence-electron chi connectivity index (χ1n) is 9.15. The molecule has 0 spiro atoms. The Kier molecular flexibility index (Phi) is 4.51. The summed E-state index contributed by atoms with van der Waals surface area (Å²) in [6.07, 6.45) is 8.36. The molecular formula is C21H24N4. The van der Waals surface area contributed by atoms with Crippen molar-refractivity contribution in [2.45, 2.75) is 45.1 Å². The quantitative estimate of drug-likeness (QED) is 0.666. The van der Waals surface area contributed by atoms with Gasteiger partial charge in [-0.2, -0.15) is 5.10 Å². The zero-order valence-corrected chi connectivity index (χ0v) is 14.7. The zero-order valence-electron chi connectivity index (χ0n) is 14.7. The monoisotopic (exact) mass is 332 g/mol. The van der Waals surface area contributed by atoms with Gasteiger partial charge in [-0.1, -0.05) is 49.6 Å². The van der Waals surface area contributed by atoms with E-state index in [0.29, 0.717) is 6.04 Å². The topological polar surface area (TPSA) is 41.7 Å². The molecule has 4 heteroatoms. The van der Waals surface area contributed by atoms with Gasteiger partial charge in [0.15, 0.2) is 5.82 Å². The first kappa shape index (κ1) is 15.9. The second-order valence-corrected chi connectivity index (χ2v) is 6.81. The van der Waals surface area contributed by atoms with Crippen LogP contribution in [0.3, 0.4) is 0 Å². The van der Waals surface area contributed by atoms with Crippen LogP contribution >= 0.6 is 0 Å². The highest BCUT2D eigenvalue weighted by Crippen LogP contribution is 2.26. The van der Waals surface area contributed by atoms with Gasteiger partial charge in [0, 0.05) is 23.5 Å². The van der Waals surface area contributed by atoms with Gasteiger partial charge >= 0.3 is 0 Å². The Morgan fingerprint density at radius 2 is 1.88 bits per heavy atom. The van der Waals surface area contributed by atoms with Gasteiger partial charge in [0.05, 0.1) is 11.7 Å². The number of hydrogen-bond donors (Lipinski definition) is 1. The van der Waals surface area contributed by atoms with Gasteiger partial charge in [-0.25, -0.2) is 9.51 Å². The van der Waals surface area contributed by atoms with E-state index >= 15 is 0 Å². The fourth-order valence-electron chi connectivity index (χ4n) is 3.58. The fourth-order valence-corrected chi connectivity index (χ4v) is 3.58. The molecule has 1 aliphatic carbocycles. The summed E-state index contributed by atoms with van der Waals surface area (Å²) >= 11 is 0. The molecule has 2 heterocycles. The van der Waals surface area contributed by atoms with E-state index in [-0.39, 0.29) is 0 Å². The molecule has 0 radical (unpaired) electrons. The molecule has 2 aromatic heterocycles. The Balaban J connectivity index is 1.68. The molecule has 4 rings (SSSR count). The second kappa shape index (κ2) is 7.09. The van der Waals surface area contributed by atoms with Gasteiger partial charge in [0.25, 0.3) is 0 Å². The molecule has 0 unspecified atom stereocenters.